The highest BCUT2D eigenvalue weighted by Crippen LogP contribution is 2.36. The van der Waals surface area contributed by atoms with Gasteiger partial charge in [0.25, 0.3) is 0 Å². The zero-order chi connectivity index (χ0) is 14.8. The van der Waals surface area contributed by atoms with Crippen LogP contribution >= 0.6 is 0 Å². The molecule has 2 fully saturated rings. The number of carbonyl (C=O) groups excluding carboxylic acids is 1. The fraction of sp³-hybridized carbons (Fsp3) is 0.857. The minimum Gasteiger partial charge on any atom is -0.409 e. The van der Waals surface area contributed by atoms with Crippen LogP contribution in [0.1, 0.15) is 39.5 Å². The molecule has 114 valence electrons. The zero-order valence-electron chi connectivity index (χ0n) is 12.4. The van der Waals surface area contributed by atoms with E-state index >= 15 is 0 Å². The molecule has 0 radical (unpaired) electrons. The number of oxime groups is 1. The van der Waals surface area contributed by atoms with Gasteiger partial charge in [-0.05, 0) is 31.1 Å². The van der Waals surface area contributed by atoms with Crippen molar-refractivity contribution in [2.75, 3.05) is 26.3 Å². The van der Waals surface area contributed by atoms with E-state index in [-0.39, 0.29) is 17.2 Å². The van der Waals surface area contributed by atoms with Crippen molar-refractivity contribution < 1.29 is 14.7 Å². The lowest BCUT2D eigenvalue weighted by molar-refractivity contribution is -0.144. The molecule has 3 N–H and O–H groups in total. The van der Waals surface area contributed by atoms with Crippen LogP contribution in [0.3, 0.4) is 0 Å². The first-order chi connectivity index (χ1) is 9.41. The largest absolute Gasteiger partial charge is 0.409 e. The molecule has 6 nitrogen and oxygen atoms in total. The monoisotopic (exact) mass is 283 g/mol. The summed E-state index contributed by atoms with van der Waals surface area (Å²) in [6.07, 6.45) is 2.95. The molecule has 2 rings (SSSR count). The third-order valence-electron chi connectivity index (χ3n) is 4.76. The number of amidine groups is 1. The van der Waals surface area contributed by atoms with Gasteiger partial charge in [-0.1, -0.05) is 19.0 Å². The minimum atomic E-state index is -0.880. The van der Waals surface area contributed by atoms with Crippen LogP contribution in [0.5, 0.6) is 0 Å². The highest BCUT2D eigenvalue weighted by molar-refractivity contribution is 6.06. The summed E-state index contributed by atoms with van der Waals surface area (Å²) in [6, 6.07) is 0. The second-order valence-corrected chi connectivity index (χ2v) is 6.64. The van der Waals surface area contributed by atoms with Crippen LogP contribution < -0.4 is 5.73 Å². The quantitative estimate of drug-likeness (QED) is 0.345. The molecule has 0 aromatic carbocycles. The Morgan fingerprint density at radius 2 is 1.75 bits per heavy atom. The zero-order valence-corrected chi connectivity index (χ0v) is 12.4. The summed E-state index contributed by atoms with van der Waals surface area (Å²) in [5.74, 6) is 0.0160. The third-order valence-corrected chi connectivity index (χ3v) is 4.76. The standard InChI is InChI=1S/C14H25N3O3/c1-13(2)3-7-17(8-4-13)12(18)14(11(15)16-19)5-9-20-10-6-14/h19H,3-10H2,1-2H3,(H2,15,16). The van der Waals surface area contributed by atoms with E-state index in [0.29, 0.717) is 26.1 Å². The second kappa shape index (κ2) is 5.60. The molecular formula is C14H25N3O3. The predicted octanol–water partition coefficient (Wildman–Crippen LogP) is 1.18. The summed E-state index contributed by atoms with van der Waals surface area (Å²) in [4.78, 5) is 14.8. The average molecular weight is 283 g/mol. The Kier molecular flexibility index (Phi) is 4.22. The Hall–Kier alpha value is -1.30. The first-order valence-corrected chi connectivity index (χ1v) is 7.26. The van der Waals surface area contributed by atoms with E-state index in [4.69, 9.17) is 15.7 Å². The first-order valence-electron chi connectivity index (χ1n) is 7.26. The van der Waals surface area contributed by atoms with Crippen molar-refractivity contribution in [3.63, 3.8) is 0 Å². The molecule has 0 bridgehead atoms. The summed E-state index contributed by atoms with van der Waals surface area (Å²) >= 11 is 0. The lowest BCUT2D eigenvalue weighted by atomic mass is 9.76. The number of ether oxygens (including phenoxy) is 1. The number of rotatable bonds is 2. The number of hydrogen-bond acceptors (Lipinski definition) is 4. The SMILES string of the molecule is CC1(C)CCN(C(=O)C2(C(N)=NO)CCOCC2)CC1. The van der Waals surface area contributed by atoms with Crippen molar-refractivity contribution in [1.82, 2.24) is 4.90 Å². The molecular weight excluding hydrogens is 258 g/mol. The van der Waals surface area contributed by atoms with Crippen LogP contribution in [0.25, 0.3) is 0 Å². The number of nitrogens with two attached hydrogens (primary N) is 1. The van der Waals surface area contributed by atoms with Gasteiger partial charge in [-0.3, -0.25) is 4.79 Å². The van der Waals surface area contributed by atoms with Gasteiger partial charge >= 0.3 is 0 Å². The summed E-state index contributed by atoms with van der Waals surface area (Å²) < 4.78 is 5.33. The molecule has 0 unspecified atom stereocenters. The molecule has 0 aromatic rings. The number of amides is 1. The molecule has 0 atom stereocenters. The van der Waals surface area contributed by atoms with Crippen molar-refractivity contribution in [3.05, 3.63) is 0 Å². The average Bonchev–Trinajstić information content (AvgIpc) is 2.46. The van der Waals surface area contributed by atoms with Gasteiger partial charge in [-0.15, -0.1) is 0 Å². The van der Waals surface area contributed by atoms with Crippen LogP contribution in [0.2, 0.25) is 0 Å². The number of piperidine rings is 1. The highest BCUT2D eigenvalue weighted by atomic mass is 16.5. The normalized spacial score (nSPS) is 26.3. The molecule has 2 heterocycles. The van der Waals surface area contributed by atoms with Crippen LogP contribution in [-0.4, -0.2) is 48.2 Å². The van der Waals surface area contributed by atoms with E-state index in [9.17, 15) is 4.79 Å². The van der Waals surface area contributed by atoms with E-state index < -0.39 is 5.41 Å². The van der Waals surface area contributed by atoms with Gasteiger partial charge in [0.05, 0.1) is 0 Å². The Morgan fingerprint density at radius 1 is 1.20 bits per heavy atom. The summed E-state index contributed by atoms with van der Waals surface area (Å²) in [5.41, 5.74) is 5.25. The number of nitrogens with zero attached hydrogens (tertiary/aromatic N) is 2. The topological polar surface area (TPSA) is 88.2 Å². The molecule has 0 aromatic heterocycles. The van der Waals surface area contributed by atoms with E-state index in [1.165, 1.54) is 0 Å². The van der Waals surface area contributed by atoms with Gasteiger partial charge in [-0.25, -0.2) is 0 Å². The highest BCUT2D eigenvalue weighted by Gasteiger charge is 2.47. The van der Waals surface area contributed by atoms with E-state index in [2.05, 4.69) is 19.0 Å². The Morgan fingerprint density at radius 3 is 2.25 bits per heavy atom. The molecule has 6 heteroatoms. The Labute approximate surface area is 119 Å². The predicted molar refractivity (Wildman–Crippen MR) is 75.5 cm³/mol. The van der Waals surface area contributed by atoms with Crippen LogP contribution in [0.15, 0.2) is 5.16 Å². The summed E-state index contributed by atoms with van der Waals surface area (Å²) in [7, 11) is 0. The number of likely N-dealkylation sites (tertiary alicyclic amines) is 1. The lowest BCUT2D eigenvalue weighted by Crippen LogP contribution is -2.55. The van der Waals surface area contributed by atoms with Crippen LogP contribution in [0.4, 0.5) is 0 Å². The van der Waals surface area contributed by atoms with Gasteiger partial charge in [-0.2, -0.15) is 0 Å². The Bertz CT molecular complexity index is 390. The van der Waals surface area contributed by atoms with Gasteiger partial charge in [0.2, 0.25) is 5.91 Å². The van der Waals surface area contributed by atoms with Gasteiger partial charge in [0.1, 0.15) is 5.41 Å². The number of hydrogen-bond donors (Lipinski definition) is 2. The van der Waals surface area contributed by atoms with Gasteiger partial charge in [0, 0.05) is 26.3 Å². The lowest BCUT2D eigenvalue weighted by Gasteiger charge is -2.43. The van der Waals surface area contributed by atoms with E-state index in [1.54, 1.807) is 0 Å². The molecule has 1 amide bonds. The summed E-state index contributed by atoms with van der Waals surface area (Å²) in [5, 5.41) is 12.2. The molecule has 2 aliphatic rings. The smallest absolute Gasteiger partial charge is 0.236 e. The number of carbonyl (C=O) groups is 1. The van der Waals surface area contributed by atoms with Gasteiger partial charge in [0.15, 0.2) is 5.84 Å². The Balaban J connectivity index is 2.16. The van der Waals surface area contributed by atoms with Crippen molar-refractivity contribution in [1.29, 1.82) is 0 Å². The van der Waals surface area contributed by atoms with Crippen LogP contribution in [0, 0.1) is 10.8 Å². The molecule has 20 heavy (non-hydrogen) atoms. The first kappa shape index (κ1) is 15.1. The molecule has 0 spiro atoms. The van der Waals surface area contributed by atoms with E-state index in [1.807, 2.05) is 4.90 Å². The maximum Gasteiger partial charge on any atom is 0.236 e. The van der Waals surface area contributed by atoms with Crippen LogP contribution in [-0.2, 0) is 9.53 Å². The van der Waals surface area contributed by atoms with Crippen molar-refractivity contribution >= 4 is 11.7 Å². The minimum absolute atomic E-state index is 0.00778. The van der Waals surface area contributed by atoms with Crippen molar-refractivity contribution in [2.24, 2.45) is 21.7 Å². The second-order valence-electron chi connectivity index (χ2n) is 6.64. The molecule has 0 aliphatic carbocycles. The maximum absolute atomic E-state index is 12.9. The molecule has 2 aliphatic heterocycles. The van der Waals surface area contributed by atoms with Gasteiger partial charge < -0.3 is 20.6 Å². The maximum atomic E-state index is 12.9. The molecule has 2 saturated heterocycles. The fourth-order valence-corrected chi connectivity index (χ4v) is 3.01. The fourth-order valence-electron chi connectivity index (χ4n) is 3.01. The summed E-state index contributed by atoms with van der Waals surface area (Å²) in [6.45, 7) is 6.88. The molecule has 0 saturated carbocycles. The van der Waals surface area contributed by atoms with E-state index in [0.717, 1.165) is 25.9 Å². The third kappa shape index (κ3) is 2.75. The van der Waals surface area contributed by atoms with Crippen molar-refractivity contribution in [2.45, 2.75) is 39.5 Å². The van der Waals surface area contributed by atoms with Crippen molar-refractivity contribution in [3.8, 4) is 0 Å².